The van der Waals surface area contributed by atoms with E-state index >= 15 is 0 Å². The van der Waals surface area contributed by atoms with Crippen LogP contribution in [0.15, 0.2) is 41.1 Å². The smallest absolute Gasteiger partial charge is 0.385 e. The van der Waals surface area contributed by atoms with Crippen LogP contribution in [0, 0.1) is 16.6 Å². The van der Waals surface area contributed by atoms with Gasteiger partial charge in [-0.15, -0.1) is 0 Å². The molecule has 37 heavy (non-hydrogen) atoms. The number of rotatable bonds is 7. The Hall–Kier alpha value is -2.99. The van der Waals surface area contributed by atoms with Crippen molar-refractivity contribution in [2.45, 2.75) is 44.0 Å². The van der Waals surface area contributed by atoms with Crippen LogP contribution in [-0.2, 0) is 16.0 Å². The highest BCUT2D eigenvalue weighted by Crippen LogP contribution is 2.49. The molecular formula is C25H29F4N5O2S. The van der Waals surface area contributed by atoms with Gasteiger partial charge in [0.2, 0.25) is 0 Å². The number of ether oxygens (including phenoxy) is 1. The van der Waals surface area contributed by atoms with Gasteiger partial charge < -0.3 is 14.9 Å². The average molecular weight is 540 g/mol. The van der Waals surface area contributed by atoms with Gasteiger partial charge in [0.1, 0.15) is 23.7 Å². The van der Waals surface area contributed by atoms with Gasteiger partial charge in [-0.25, -0.2) is 9.07 Å². The minimum atomic E-state index is -4.40. The van der Waals surface area contributed by atoms with Gasteiger partial charge in [-0.3, -0.25) is 5.43 Å². The predicted octanol–water partition coefficient (Wildman–Crippen LogP) is 5.19. The summed E-state index contributed by atoms with van der Waals surface area (Å²) in [5.74, 6) is -0.338. The molecule has 0 saturated heterocycles. The Kier molecular flexibility index (Phi) is 9.66. The van der Waals surface area contributed by atoms with Crippen molar-refractivity contribution in [3.8, 4) is 5.69 Å². The maximum absolute atomic E-state index is 13.3. The number of fused-ring (bicyclic) bond motifs is 2. The van der Waals surface area contributed by atoms with Crippen LogP contribution in [0.4, 0.5) is 17.6 Å². The number of carbonyl (C=O) groups is 1. The van der Waals surface area contributed by atoms with Crippen LogP contribution in [0.3, 0.4) is 0 Å². The standard InChI is InChI=1S/C22H21F4N5OS.C3H8O/c23-16-2-4-17(5-3-16)31-19-7-15-1-6-18(9-21(15,13-32)8-14(19)11-29-31)33-20(10-27)30-28-12-22(24,25)26;1-3-4-2/h2-5,7,10-11,13,18,27-28H,1,6,8-9,12H2;3H2,1-2H3/b27-10?,30-20+;. The summed E-state index contributed by atoms with van der Waals surface area (Å²) in [7, 11) is 1.68. The predicted molar refractivity (Wildman–Crippen MR) is 137 cm³/mol. The van der Waals surface area contributed by atoms with Crippen LogP contribution in [0.25, 0.3) is 11.8 Å². The number of aldehydes is 1. The molecule has 2 unspecified atom stereocenters. The van der Waals surface area contributed by atoms with Crippen molar-refractivity contribution < 1.29 is 27.1 Å². The molecular weight excluding hydrogens is 510 g/mol. The number of halogens is 4. The second-order valence-corrected chi connectivity index (χ2v) is 9.99. The molecule has 1 saturated carbocycles. The second kappa shape index (κ2) is 12.5. The lowest BCUT2D eigenvalue weighted by atomic mass is 9.65. The molecule has 12 heteroatoms. The molecule has 2 N–H and O–H groups in total. The highest BCUT2D eigenvalue weighted by atomic mass is 32.2. The third kappa shape index (κ3) is 7.29. The number of hydrogen-bond acceptors (Lipinski definition) is 7. The lowest BCUT2D eigenvalue weighted by molar-refractivity contribution is -0.124. The highest BCUT2D eigenvalue weighted by Gasteiger charge is 2.44. The first-order chi connectivity index (χ1) is 17.6. The molecule has 200 valence electrons. The molecule has 0 bridgehead atoms. The summed E-state index contributed by atoms with van der Waals surface area (Å²) in [5.41, 5.74) is 4.68. The molecule has 0 radical (unpaired) electrons. The number of allylic oxidation sites excluding steroid dienone is 1. The van der Waals surface area contributed by atoms with Gasteiger partial charge in [0, 0.05) is 19.0 Å². The number of aromatic nitrogens is 2. The minimum absolute atomic E-state index is 0.0749. The number of nitrogens with zero attached hydrogens (tertiary/aromatic N) is 3. The number of nitrogens with one attached hydrogen (secondary N) is 2. The van der Waals surface area contributed by atoms with E-state index in [1.165, 1.54) is 23.9 Å². The maximum atomic E-state index is 13.3. The van der Waals surface area contributed by atoms with Crippen molar-refractivity contribution in [2.24, 2.45) is 10.5 Å². The molecule has 1 aromatic heterocycles. The van der Waals surface area contributed by atoms with Gasteiger partial charge in [-0.1, -0.05) is 17.3 Å². The molecule has 0 aliphatic heterocycles. The number of alkyl halides is 3. The fourth-order valence-corrected chi connectivity index (χ4v) is 5.46. The quantitative estimate of drug-likeness (QED) is 0.166. The van der Waals surface area contributed by atoms with Crippen molar-refractivity contribution in [2.75, 3.05) is 20.3 Å². The third-order valence-electron chi connectivity index (χ3n) is 6.14. The van der Waals surface area contributed by atoms with Gasteiger partial charge in [0.05, 0.1) is 29.2 Å². The van der Waals surface area contributed by atoms with Crippen LogP contribution < -0.4 is 5.43 Å². The molecule has 2 aliphatic rings. The SMILES string of the molecule is CCOC.N=C/C(=N\NCC(F)(F)F)SC1CCC2=Cc3c(cnn3-c3ccc(F)cc3)CC2(C=O)C1. The Morgan fingerprint density at radius 3 is 2.68 bits per heavy atom. The Balaban J connectivity index is 0.000000886. The van der Waals surface area contributed by atoms with E-state index in [9.17, 15) is 22.4 Å². The first kappa shape index (κ1) is 28.6. The lowest BCUT2D eigenvalue weighted by Crippen LogP contribution is -2.38. The summed E-state index contributed by atoms with van der Waals surface area (Å²) < 4.78 is 56.6. The topological polar surface area (TPSA) is 92.4 Å². The van der Waals surface area contributed by atoms with Crippen LogP contribution >= 0.6 is 11.8 Å². The van der Waals surface area contributed by atoms with Gasteiger partial charge in [-0.2, -0.15) is 23.4 Å². The fraction of sp³-hybridized carbons (Fsp3) is 0.440. The van der Waals surface area contributed by atoms with Crippen molar-refractivity contribution in [3.63, 3.8) is 0 Å². The molecule has 1 aromatic carbocycles. The van der Waals surface area contributed by atoms with Crippen LogP contribution in [0.1, 0.15) is 37.4 Å². The van der Waals surface area contributed by atoms with Crippen LogP contribution in [0.2, 0.25) is 0 Å². The van der Waals surface area contributed by atoms with Gasteiger partial charge in [0.25, 0.3) is 0 Å². The number of benzene rings is 1. The zero-order valence-electron chi connectivity index (χ0n) is 20.5. The van der Waals surface area contributed by atoms with E-state index in [2.05, 4.69) is 14.9 Å². The van der Waals surface area contributed by atoms with Gasteiger partial charge >= 0.3 is 6.18 Å². The molecule has 2 aliphatic carbocycles. The normalized spacial score (nSPS) is 21.1. The Morgan fingerprint density at radius 1 is 1.38 bits per heavy atom. The second-order valence-electron chi connectivity index (χ2n) is 8.67. The van der Waals surface area contributed by atoms with Crippen molar-refractivity contribution >= 4 is 35.4 Å². The number of methoxy groups -OCH3 is 1. The summed E-state index contributed by atoms with van der Waals surface area (Å²) in [5, 5.41) is 15.6. The highest BCUT2D eigenvalue weighted by molar-refractivity contribution is 8.16. The van der Waals surface area contributed by atoms with Gasteiger partial charge in [-0.05, 0) is 68.5 Å². The Morgan fingerprint density at radius 2 is 2.08 bits per heavy atom. The lowest BCUT2D eigenvalue weighted by Gasteiger charge is -2.41. The summed E-state index contributed by atoms with van der Waals surface area (Å²) >= 11 is 1.21. The maximum Gasteiger partial charge on any atom is 0.407 e. The molecule has 2 aromatic rings. The number of hydrogen-bond donors (Lipinski definition) is 2. The first-order valence-electron chi connectivity index (χ1n) is 11.7. The van der Waals surface area contributed by atoms with Crippen LogP contribution in [0.5, 0.6) is 0 Å². The van der Waals surface area contributed by atoms with E-state index in [1.807, 2.05) is 18.4 Å². The van der Waals surface area contributed by atoms with E-state index in [1.54, 1.807) is 30.1 Å². The average Bonchev–Trinajstić information content (AvgIpc) is 3.28. The molecule has 0 amide bonds. The number of hydrazone groups is 1. The monoisotopic (exact) mass is 539 g/mol. The molecule has 1 fully saturated rings. The minimum Gasteiger partial charge on any atom is -0.385 e. The van der Waals surface area contributed by atoms with E-state index in [-0.39, 0.29) is 16.1 Å². The summed E-state index contributed by atoms with van der Waals surface area (Å²) in [6, 6.07) is 6.01. The van der Waals surface area contributed by atoms with E-state index in [0.29, 0.717) is 25.7 Å². The van der Waals surface area contributed by atoms with E-state index in [4.69, 9.17) is 5.41 Å². The summed E-state index contributed by atoms with van der Waals surface area (Å²) in [6.07, 6.45) is 3.42. The third-order valence-corrected chi connectivity index (χ3v) is 7.32. The van der Waals surface area contributed by atoms with Crippen LogP contribution in [-0.4, -0.2) is 59.0 Å². The number of carbonyl (C=O) groups excluding carboxylic acids is 1. The zero-order valence-corrected chi connectivity index (χ0v) is 21.3. The largest absolute Gasteiger partial charge is 0.407 e. The van der Waals surface area contributed by atoms with E-state index < -0.39 is 18.1 Å². The zero-order chi connectivity index (χ0) is 27.1. The van der Waals surface area contributed by atoms with E-state index in [0.717, 1.165) is 41.6 Å². The van der Waals surface area contributed by atoms with Crippen molar-refractivity contribution in [1.29, 1.82) is 5.41 Å². The molecule has 7 nitrogen and oxygen atoms in total. The number of thioether (sulfide) groups is 1. The Labute approximate surface area is 216 Å². The van der Waals surface area contributed by atoms with Gasteiger partial charge in [0.15, 0.2) is 0 Å². The molecule has 2 atom stereocenters. The molecule has 0 spiro atoms. The molecule has 1 heterocycles. The van der Waals surface area contributed by atoms with Crippen molar-refractivity contribution in [1.82, 2.24) is 15.2 Å². The first-order valence-corrected chi connectivity index (χ1v) is 12.6. The summed E-state index contributed by atoms with van der Waals surface area (Å²) in [4.78, 5) is 12.3. The summed E-state index contributed by atoms with van der Waals surface area (Å²) in [6.45, 7) is 1.50. The molecule has 4 rings (SSSR count). The van der Waals surface area contributed by atoms with Crippen molar-refractivity contribution in [3.05, 3.63) is 53.1 Å². The fourth-order valence-electron chi connectivity index (χ4n) is 4.32. The Bertz CT molecular complexity index is 1140.